The molecule has 0 radical (unpaired) electrons. The minimum absolute atomic E-state index is 0.0559. The van der Waals surface area contributed by atoms with E-state index in [0.29, 0.717) is 40.6 Å². The molecule has 0 aliphatic heterocycles. The molecule has 0 saturated heterocycles. The number of fused-ring (bicyclic) bond motifs is 1. The van der Waals surface area contributed by atoms with Crippen LogP contribution in [0.15, 0.2) is 78.4 Å². The fraction of sp³-hybridized carbons (Fsp3) is 0.300. The van der Waals surface area contributed by atoms with Gasteiger partial charge in [0.1, 0.15) is 0 Å². The molecule has 0 heterocycles. The minimum Gasteiger partial charge on any atom is -0.481 e. The summed E-state index contributed by atoms with van der Waals surface area (Å²) >= 11 is 12.5. The molecule has 0 saturated carbocycles. The maximum atomic E-state index is 12.8. The van der Waals surface area contributed by atoms with Gasteiger partial charge in [-0.2, -0.15) is 0 Å². The SMILES string of the molecule is CC1=C[C@@H](/C=C(\Cl)c2ccc(C(=O)O)cc2)[C@]2(C(=O)O)C=C[C@@H](CCOC(=O)Nc3ccc(Cl)cc3)C[C@@H]2C1. The summed E-state index contributed by atoms with van der Waals surface area (Å²) in [6.45, 7) is 2.18. The molecule has 1 amide bonds. The Bertz CT molecular complexity index is 1330. The number of aromatic carboxylic acids is 1. The maximum absolute atomic E-state index is 12.8. The van der Waals surface area contributed by atoms with Gasteiger partial charge in [-0.05, 0) is 80.0 Å². The molecule has 4 rings (SSSR count). The Kier molecular flexibility index (Phi) is 8.83. The molecule has 2 aliphatic rings. The molecule has 2 aliphatic carbocycles. The normalized spacial score (nSPS) is 24.3. The second-order valence-corrected chi connectivity index (χ2v) is 10.8. The van der Waals surface area contributed by atoms with Gasteiger partial charge >= 0.3 is 18.0 Å². The Hall–Kier alpha value is -3.55. The number of carbonyl (C=O) groups excluding carboxylic acids is 1. The summed E-state index contributed by atoms with van der Waals surface area (Å²) in [4.78, 5) is 36.1. The van der Waals surface area contributed by atoms with Crippen LogP contribution >= 0.6 is 23.2 Å². The molecule has 0 unspecified atom stereocenters. The average molecular weight is 570 g/mol. The predicted molar refractivity (Wildman–Crippen MR) is 151 cm³/mol. The molecule has 2 aromatic rings. The number of benzene rings is 2. The predicted octanol–water partition coefficient (Wildman–Crippen LogP) is 7.49. The van der Waals surface area contributed by atoms with Crippen LogP contribution in [0.25, 0.3) is 5.03 Å². The van der Waals surface area contributed by atoms with Crippen LogP contribution in [0.3, 0.4) is 0 Å². The molecule has 3 N–H and O–H groups in total. The quantitative estimate of drug-likeness (QED) is 0.284. The van der Waals surface area contributed by atoms with Crippen molar-refractivity contribution in [2.45, 2.75) is 26.2 Å². The van der Waals surface area contributed by atoms with Gasteiger partial charge in [-0.15, -0.1) is 0 Å². The highest BCUT2D eigenvalue weighted by Crippen LogP contribution is 2.53. The van der Waals surface area contributed by atoms with E-state index in [-0.39, 0.29) is 24.0 Å². The monoisotopic (exact) mass is 569 g/mol. The first-order valence-corrected chi connectivity index (χ1v) is 13.3. The summed E-state index contributed by atoms with van der Waals surface area (Å²) in [5.41, 5.74) is 1.25. The molecule has 2 aromatic carbocycles. The third-order valence-electron chi connectivity index (χ3n) is 7.41. The van der Waals surface area contributed by atoms with Crippen molar-refractivity contribution >= 4 is 52.0 Å². The van der Waals surface area contributed by atoms with Crippen molar-refractivity contribution in [2.24, 2.45) is 23.2 Å². The average Bonchev–Trinajstić information content (AvgIpc) is 2.89. The van der Waals surface area contributed by atoms with Gasteiger partial charge in [0.25, 0.3) is 0 Å². The number of amides is 1. The minimum atomic E-state index is -1.16. The molecule has 0 spiro atoms. The van der Waals surface area contributed by atoms with Gasteiger partial charge in [0.2, 0.25) is 0 Å². The van der Waals surface area contributed by atoms with E-state index in [9.17, 15) is 19.5 Å². The lowest BCUT2D eigenvalue weighted by molar-refractivity contribution is -0.152. The van der Waals surface area contributed by atoms with Gasteiger partial charge in [0.05, 0.1) is 17.6 Å². The zero-order valence-corrected chi connectivity index (χ0v) is 22.8. The van der Waals surface area contributed by atoms with Crippen LogP contribution in [-0.4, -0.2) is 34.9 Å². The lowest BCUT2D eigenvalue weighted by Gasteiger charge is -2.46. The van der Waals surface area contributed by atoms with E-state index in [1.54, 1.807) is 48.6 Å². The Morgan fingerprint density at radius 1 is 1.08 bits per heavy atom. The lowest BCUT2D eigenvalue weighted by atomic mass is 9.56. The highest BCUT2D eigenvalue weighted by Gasteiger charge is 2.52. The first kappa shape index (κ1) is 28.5. The topological polar surface area (TPSA) is 113 Å². The van der Waals surface area contributed by atoms with E-state index in [2.05, 4.69) is 5.32 Å². The van der Waals surface area contributed by atoms with E-state index in [0.717, 1.165) is 5.57 Å². The Morgan fingerprint density at radius 3 is 2.38 bits per heavy atom. The summed E-state index contributed by atoms with van der Waals surface area (Å²) < 4.78 is 5.35. The number of aliphatic carboxylic acids is 1. The smallest absolute Gasteiger partial charge is 0.411 e. The number of nitrogens with one attached hydrogen (secondary N) is 1. The standard InChI is InChI=1S/C30H29Cl2NO6/c1-18-14-22-16-19(11-13-39-29(38)33-25-8-6-24(31)7-9-25)10-12-30(22,28(36)37)23(15-18)17-26(32)20-2-4-21(5-3-20)27(34)35/h2-10,12,15,17,19,22-23H,11,13-14,16H2,1H3,(H,33,38)(H,34,35)(H,36,37)/b26-17-/t19-,22-,23-,30-/m0/s1. The zero-order valence-electron chi connectivity index (χ0n) is 21.3. The van der Waals surface area contributed by atoms with Crippen molar-refractivity contribution < 1.29 is 29.3 Å². The zero-order chi connectivity index (χ0) is 28.2. The second kappa shape index (κ2) is 12.1. The van der Waals surface area contributed by atoms with Crippen LogP contribution in [0.2, 0.25) is 5.02 Å². The van der Waals surface area contributed by atoms with Crippen LogP contribution < -0.4 is 5.32 Å². The molecule has 4 atom stereocenters. The van der Waals surface area contributed by atoms with E-state index in [1.165, 1.54) is 12.1 Å². The highest BCUT2D eigenvalue weighted by atomic mass is 35.5. The number of hydrogen-bond donors (Lipinski definition) is 3. The first-order chi connectivity index (χ1) is 18.6. The van der Waals surface area contributed by atoms with Crippen LogP contribution in [0.4, 0.5) is 10.5 Å². The van der Waals surface area contributed by atoms with Crippen LogP contribution in [0.5, 0.6) is 0 Å². The molecule has 204 valence electrons. The van der Waals surface area contributed by atoms with Crippen LogP contribution in [0, 0.1) is 23.2 Å². The Morgan fingerprint density at radius 2 is 1.74 bits per heavy atom. The van der Waals surface area contributed by atoms with E-state index < -0.39 is 29.4 Å². The molecule has 9 heteroatoms. The highest BCUT2D eigenvalue weighted by molar-refractivity contribution is 6.48. The number of allylic oxidation sites excluding steroid dienone is 4. The van der Waals surface area contributed by atoms with E-state index >= 15 is 0 Å². The molecule has 0 aromatic heterocycles. The van der Waals surface area contributed by atoms with Gasteiger partial charge in [-0.25, -0.2) is 9.59 Å². The molecular weight excluding hydrogens is 541 g/mol. The summed E-state index contributed by atoms with van der Waals surface area (Å²) in [5.74, 6) is -2.55. The second-order valence-electron chi connectivity index (χ2n) is 9.99. The summed E-state index contributed by atoms with van der Waals surface area (Å²) in [5, 5.41) is 23.2. The van der Waals surface area contributed by atoms with E-state index in [4.69, 9.17) is 33.0 Å². The Balaban J connectivity index is 1.46. The summed E-state index contributed by atoms with van der Waals surface area (Å²) in [6.07, 6.45) is 8.66. The Labute approximate surface area is 236 Å². The van der Waals surface area contributed by atoms with Crippen molar-refractivity contribution in [1.82, 2.24) is 0 Å². The van der Waals surface area contributed by atoms with Crippen molar-refractivity contribution in [2.75, 3.05) is 11.9 Å². The van der Waals surface area contributed by atoms with Crippen LogP contribution in [-0.2, 0) is 9.53 Å². The third kappa shape index (κ3) is 6.54. The van der Waals surface area contributed by atoms with Gasteiger partial charge in [0, 0.05) is 21.7 Å². The van der Waals surface area contributed by atoms with Crippen molar-refractivity contribution in [3.8, 4) is 0 Å². The van der Waals surface area contributed by atoms with E-state index in [1.807, 2.05) is 19.1 Å². The number of ether oxygens (including phenoxy) is 1. The molecule has 0 bridgehead atoms. The van der Waals surface area contributed by atoms with Crippen molar-refractivity contribution in [1.29, 1.82) is 0 Å². The number of hydrogen-bond acceptors (Lipinski definition) is 4. The van der Waals surface area contributed by atoms with Gasteiger partial charge in [-0.1, -0.05) is 65.2 Å². The molecule has 39 heavy (non-hydrogen) atoms. The lowest BCUT2D eigenvalue weighted by Crippen LogP contribution is -2.47. The van der Waals surface area contributed by atoms with Crippen LogP contribution in [0.1, 0.15) is 42.1 Å². The summed E-state index contributed by atoms with van der Waals surface area (Å²) in [6, 6.07) is 12.9. The maximum Gasteiger partial charge on any atom is 0.411 e. The van der Waals surface area contributed by atoms with Gasteiger partial charge < -0.3 is 14.9 Å². The number of carboxylic acid groups (broad SMARTS) is 2. The number of carbonyl (C=O) groups is 3. The van der Waals surface area contributed by atoms with Crippen molar-refractivity contribution in [3.63, 3.8) is 0 Å². The number of carboxylic acids is 2. The number of halogens is 2. The summed E-state index contributed by atoms with van der Waals surface area (Å²) in [7, 11) is 0. The first-order valence-electron chi connectivity index (χ1n) is 12.6. The largest absolute Gasteiger partial charge is 0.481 e. The van der Waals surface area contributed by atoms with Crippen molar-refractivity contribution in [3.05, 3.63) is 94.6 Å². The fourth-order valence-electron chi connectivity index (χ4n) is 5.41. The molecule has 7 nitrogen and oxygen atoms in total. The number of rotatable bonds is 8. The molecular formula is C30H29Cl2NO6. The molecule has 0 fully saturated rings. The number of anilines is 1. The fourth-order valence-corrected chi connectivity index (χ4v) is 5.80. The van der Waals surface area contributed by atoms with Gasteiger partial charge in [-0.3, -0.25) is 10.1 Å². The van der Waals surface area contributed by atoms with Gasteiger partial charge in [0.15, 0.2) is 0 Å². The third-order valence-corrected chi connectivity index (χ3v) is 8.00.